The first kappa shape index (κ1) is 18.9. The van der Waals surface area contributed by atoms with Crippen LogP contribution < -0.4 is 0 Å². The molecule has 1 aromatic rings. The van der Waals surface area contributed by atoms with Crippen LogP contribution in [0.25, 0.3) is 0 Å². The number of likely N-dealkylation sites (tertiary alicyclic amines) is 1. The highest BCUT2D eigenvalue weighted by Gasteiger charge is 2.42. The Hall–Kier alpha value is -1.43. The van der Waals surface area contributed by atoms with E-state index in [1.54, 1.807) is 32.9 Å². The summed E-state index contributed by atoms with van der Waals surface area (Å²) in [6, 6.07) is 2.91. The summed E-state index contributed by atoms with van der Waals surface area (Å²) in [5, 5.41) is 0.526. The normalized spacial score (nSPS) is 20.8. The van der Waals surface area contributed by atoms with Gasteiger partial charge in [0.15, 0.2) is 0 Å². The number of carbonyl (C=O) groups is 1. The van der Waals surface area contributed by atoms with Crippen LogP contribution in [0.1, 0.15) is 45.7 Å². The molecule has 1 atom stereocenters. The Kier molecular flexibility index (Phi) is 5.68. The lowest BCUT2D eigenvalue weighted by molar-refractivity contribution is -0.0810. The van der Waals surface area contributed by atoms with Gasteiger partial charge >= 0.3 is 6.09 Å². The topological polar surface area (TPSA) is 42.4 Å². The molecule has 1 aliphatic rings. The summed E-state index contributed by atoms with van der Waals surface area (Å²) >= 11 is 5.79. The van der Waals surface area contributed by atoms with Crippen molar-refractivity contribution in [3.63, 3.8) is 0 Å². The molecule has 1 amide bonds. The highest BCUT2D eigenvalue weighted by Crippen LogP contribution is 2.34. The van der Waals surface area contributed by atoms with Crippen LogP contribution in [0.2, 0.25) is 5.02 Å². The number of aryl methyl sites for hydroxylation is 1. The Labute approximate surface area is 146 Å². The minimum Gasteiger partial charge on any atom is -0.444 e. The van der Waals surface area contributed by atoms with Crippen LogP contribution >= 0.6 is 11.6 Å². The van der Waals surface area contributed by atoms with Crippen LogP contribution in [0.3, 0.4) is 0 Å². The number of aromatic nitrogens is 1. The number of pyridine rings is 1. The third-order valence-corrected chi connectivity index (χ3v) is 4.07. The molecule has 7 heteroatoms. The first-order chi connectivity index (χ1) is 11.1. The molecular weight excluding hydrogens is 338 g/mol. The lowest BCUT2D eigenvalue weighted by Gasteiger charge is -2.39. The maximum Gasteiger partial charge on any atom is 0.410 e. The molecule has 2 heterocycles. The molecule has 0 radical (unpaired) electrons. The molecule has 1 aromatic heterocycles. The lowest BCUT2D eigenvalue weighted by atomic mass is 9.94. The number of piperidine rings is 1. The molecule has 1 unspecified atom stereocenters. The Morgan fingerprint density at radius 2 is 2.17 bits per heavy atom. The number of amides is 1. The largest absolute Gasteiger partial charge is 0.444 e. The number of hydrogen-bond acceptors (Lipinski definition) is 3. The zero-order chi connectivity index (χ0) is 18.0. The highest BCUT2D eigenvalue weighted by atomic mass is 35.5. The standard InChI is InChI=1S/C17H23ClF2N2O2/c1-16(2,3)24-15(23)22-9-8-17(19,20)10-14(22)7-6-13-5-4-12(18)11-21-13/h4-5,11,14H,6-10H2,1-3H3. The van der Waals surface area contributed by atoms with Crippen molar-refractivity contribution >= 4 is 17.7 Å². The van der Waals surface area contributed by atoms with Crippen molar-refractivity contribution in [1.82, 2.24) is 9.88 Å². The zero-order valence-corrected chi connectivity index (χ0v) is 14.9. The molecule has 1 saturated heterocycles. The van der Waals surface area contributed by atoms with E-state index in [0.29, 0.717) is 17.9 Å². The van der Waals surface area contributed by atoms with E-state index in [9.17, 15) is 13.6 Å². The van der Waals surface area contributed by atoms with Crippen LogP contribution in [-0.2, 0) is 11.2 Å². The predicted octanol–water partition coefficient (Wildman–Crippen LogP) is 4.70. The smallest absolute Gasteiger partial charge is 0.410 e. The van der Waals surface area contributed by atoms with E-state index in [-0.39, 0.29) is 19.4 Å². The maximum atomic E-state index is 13.8. The van der Waals surface area contributed by atoms with E-state index in [4.69, 9.17) is 16.3 Å². The minimum atomic E-state index is -2.75. The SMILES string of the molecule is CC(C)(C)OC(=O)N1CCC(F)(F)CC1CCc1ccc(Cl)cn1. The van der Waals surface area contributed by atoms with E-state index in [1.165, 1.54) is 11.1 Å². The van der Waals surface area contributed by atoms with E-state index >= 15 is 0 Å². The van der Waals surface area contributed by atoms with Crippen LogP contribution in [0.15, 0.2) is 18.3 Å². The van der Waals surface area contributed by atoms with E-state index < -0.39 is 23.7 Å². The molecule has 0 saturated carbocycles. The van der Waals surface area contributed by atoms with Crippen molar-refractivity contribution in [2.45, 2.75) is 64.0 Å². The van der Waals surface area contributed by atoms with Gasteiger partial charge in [0.25, 0.3) is 5.92 Å². The maximum absolute atomic E-state index is 13.8. The quantitative estimate of drug-likeness (QED) is 0.784. The number of halogens is 3. The van der Waals surface area contributed by atoms with Crippen LogP contribution in [0, 0.1) is 0 Å². The Morgan fingerprint density at radius 3 is 2.75 bits per heavy atom. The van der Waals surface area contributed by atoms with Gasteiger partial charge in [-0.1, -0.05) is 11.6 Å². The van der Waals surface area contributed by atoms with Gasteiger partial charge in [-0.2, -0.15) is 0 Å². The first-order valence-electron chi connectivity index (χ1n) is 8.04. The molecule has 0 aliphatic carbocycles. The number of nitrogens with zero attached hydrogens (tertiary/aromatic N) is 2. The number of rotatable bonds is 3. The van der Waals surface area contributed by atoms with Crippen LogP contribution in [-0.4, -0.2) is 40.1 Å². The summed E-state index contributed by atoms with van der Waals surface area (Å²) in [5.41, 5.74) is 0.108. The van der Waals surface area contributed by atoms with Gasteiger partial charge in [-0.15, -0.1) is 0 Å². The van der Waals surface area contributed by atoms with Gasteiger partial charge in [0.2, 0.25) is 0 Å². The van der Waals surface area contributed by atoms with E-state index in [1.807, 2.05) is 0 Å². The fourth-order valence-corrected chi connectivity index (χ4v) is 2.82. The molecule has 4 nitrogen and oxygen atoms in total. The second-order valence-corrected chi connectivity index (χ2v) is 7.58. The third kappa shape index (κ3) is 5.58. The molecule has 0 aromatic carbocycles. The van der Waals surface area contributed by atoms with E-state index in [0.717, 1.165) is 5.69 Å². The van der Waals surface area contributed by atoms with Crippen molar-refractivity contribution in [3.8, 4) is 0 Å². The first-order valence-corrected chi connectivity index (χ1v) is 8.41. The van der Waals surface area contributed by atoms with Gasteiger partial charge in [-0.3, -0.25) is 4.98 Å². The van der Waals surface area contributed by atoms with Crippen LogP contribution in [0.5, 0.6) is 0 Å². The average molecular weight is 361 g/mol. The van der Waals surface area contributed by atoms with Gasteiger partial charge in [-0.25, -0.2) is 13.6 Å². The van der Waals surface area contributed by atoms with Gasteiger partial charge in [0.05, 0.1) is 5.02 Å². The summed E-state index contributed by atoms with van der Waals surface area (Å²) in [7, 11) is 0. The van der Waals surface area contributed by atoms with Gasteiger partial charge in [0.1, 0.15) is 5.60 Å². The van der Waals surface area contributed by atoms with Crippen molar-refractivity contribution in [1.29, 1.82) is 0 Å². The number of carbonyl (C=O) groups excluding carboxylic acids is 1. The number of hydrogen-bond donors (Lipinski definition) is 0. The summed E-state index contributed by atoms with van der Waals surface area (Å²) in [6.07, 6.45) is 1.22. The summed E-state index contributed by atoms with van der Waals surface area (Å²) < 4.78 is 32.9. The fraction of sp³-hybridized carbons (Fsp3) is 0.647. The van der Waals surface area contributed by atoms with Gasteiger partial charge < -0.3 is 9.64 Å². The highest BCUT2D eigenvalue weighted by molar-refractivity contribution is 6.30. The second-order valence-electron chi connectivity index (χ2n) is 7.14. The van der Waals surface area contributed by atoms with E-state index in [2.05, 4.69) is 4.98 Å². The average Bonchev–Trinajstić information content (AvgIpc) is 2.44. The molecular formula is C17H23ClF2N2O2. The molecule has 24 heavy (non-hydrogen) atoms. The zero-order valence-electron chi connectivity index (χ0n) is 14.2. The molecule has 0 bridgehead atoms. The molecule has 1 aliphatic heterocycles. The Balaban J connectivity index is 2.05. The van der Waals surface area contributed by atoms with Crippen molar-refractivity contribution in [2.75, 3.05) is 6.54 Å². The third-order valence-electron chi connectivity index (χ3n) is 3.84. The summed E-state index contributed by atoms with van der Waals surface area (Å²) in [5.74, 6) is -2.75. The molecule has 0 N–H and O–H groups in total. The van der Waals surface area contributed by atoms with Crippen LogP contribution in [0.4, 0.5) is 13.6 Å². The van der Waals surface area contributed by atoms with Crippen molar-refractivity contribution < 1.29 is 18.3 Å². The van der Waals surface area contributed by atoms with Crippen molar-refractivity contribution in [2.24, 2.45) is 0 Å². The Morgan fingerprint density at radius 1 is 1.46 bits per heavy atom. The molecule has 2 rings (SSSR count). The summed E-state index contributed by atoms with van der Waals surface area (Å²) in [6.45, 7) is 5.28. The number of alkyl halides is 2. The monoisotopic (exact) mass is 360 g/mol. The molecule has 134 valence electrons. The lowest BCUT2D eigenvalue weighted by Crippen LogP contribution is -2.51. The van der Waals surface area contributed by atoms with Crippen molar-refractivity contribution in [3.05, 3.63) is 29.0 Å². The molecule has 0 spiro atoms. The molecule has 1 fully saturated rings. The fourth-order valence-electron chi connectivity index (χ4n) is 2.71. The summed E-state index contributed by atoms with van der Waals surface area (Å²) in [4.78, 5) is 17.9. The predicted molar refractivity (Wildman–Crippen MR) is 88.5 cm³/mol. The number of ether oxygens (including phenoxy) is 1. The van der Waals surface area contributed by atoms with Gasteiger partial charge in [0, 0.05) is 37.3 Å². The Bertz CT molecular complexity index is 573. The second kappa shape index (κ2) is 7.21. The van der Waals surface area contributed by atoms with Gasteiger partial charge in [-0.05, 0) is 45.7 Å². The minimum absolute atomic E-state index is 0.000621.